The van der Waals surface area contributed by atoms with Crippen molar-refractivity contribution in [3.63, 3.8) is 0 Å². The van der Waals surface area contributed by atoms with E-state index in [1.165, 1.54) is 21.3 Å². The molecule has 45 heavy (non-hydrogen) atoms. The van der Waals surface area contributed by atoms with Gasteiger partial charge in [0.05, 0.1) is 35.0 Å². The summed E-state index contributed by atoms with van der Waals surface area (Å²) in [5.74, 6) is 1.47. The largest absolute Gasteiger partial charge is 0.496 e. The molecule has 0 saturated heterocycles. The van der Waals surface area contributed by atoms with Gasteiger partial charge >= 0.3 is 0 Å². The molecule has 1 aliphatic rings. The Morgan fingerprint density at radius 3 is 2.20 bits per heavy atom. The van der Waals surface area contributed by atoms with Gasteiger partial charge in [0, 0.05) is 35.1 Å². The van der Waals surface area contributed by atoms with Crippen molar-refractivity contribution in [2.45, 2.75) is 63.6 Å². The fourth-order valence-corrected chi connectivity index (χ4v) is 6.32. The average molecular weight is 614 g/mol. The van der Waals surface area contributed by atoms with Gasteiger partial charge in [-0.3, -0.25) is 9.59 Å². The van der Waals surface area contributed by atoms with Gasteiger partial charge in [0.1, 0.15) is 11.8 Å². The normalized spacial score (nSPS) is 14.0. The number of amides is 2. The molecular formula is C36H43N3O6. The predicted octanol–water partition coefficient (Wildman–Crippen LogP) is 6.35. The molecule has 1 fully saturated rings. The number of rotatable bonds is 13. The van der Waals surface area contributed by atoms with Crippen molar-refractivity contribution >= 4 is 22.7 Å². The van der Waals surface area contributed by atoms with Crippen molar-refractivity contribution in [2.75, 3.05) is 28.4 Å². The zero-order chi connectivity index (χ0) is 31.8. The van der Waals surface area contributed by atoms with Crippen LogP contribution in [0.3, 0.4) is 0 Å². The number of nitrogens with one attached hydrogen (secondary N) is 2. The van der Waals surface area contributed by atoms with E-state index in [1.54, 1.807) is 24.1 Å². The maximum absolute atomic E-state index is 14.4. The van der Waals surface area contributed by atoms with Crippen molar-refractivity contribution in [3.8, 4) is 23.0 Å². The van der Waals surface area contributed by atoms with Crippen LogP contribution in [0.25, 0.3) is 10.9 Å². The smallest absolute Gasteiger partial charge is 0.247 e. The average Bonchev–Trinajstić information content (AvgIpc) is 3.50. The summed E-state index contributed by atoms with van der Waals surface area (Å²) in [5.41, 5.74) is 3.43. The van der Waals surface area contributed by atoms with Crippen LogP contribution in [0.5, 0.6) is 23.0 Å². The summed E-state index contributed by atoms with van der Waals surface area (Å²) in [5, 5.41) is 4.36. The molecule has 2 amide bonds. The monoisotopic (exact) mass is 613 g/mol. The number of benzene rings is 3. The number of aryl methyl sites for hydroxylation is 1. The summed E-state index contributed by atoms with van der Waals surface area (Å²) >= 11 is 0. The van der Waals surface area contributed by atoms with E-state index >= 15 is 0 Å². The molecule has 1 aromatic heterocycles. The quantitative estimate of drug-likeness (QED) is 0.182. The first-order valence-corrected chi connectivity index (χ1v) is 15.5. The van der Waals surface area contributed by atoms with Crippen molar-refractivity contribution < 1.29 is 28.5 Å². The molecule has 1 atom stereocenters. The number of hydrogen-bond donors (Lipinski definition) is 2. The molecule has 0 radical (unpaired) electrons. The van der Waals surface area contributed by atoms with Gasteiger partial charge in [-0.15, -0.1) is 0 Å². The lowest BCUT2D eigenvalue weighted by molar-refractivity contribution is -0.142. The number of hydrogen-bond acceptors (Lipinski definition) is 6. The van der Waals surface area contributed by atoms with Crippen LogP contribution in [0.2, 0.25) is 0 Å². The lowest BCUT2D eigenvalue weighted by Gasteiger charge is -2.34. The lowest BCUT2D eigenvalue weighted by Crippen LogP contribution is -2.47. The van der Waals surface area contributed by atoms with Crippen LogP contribution in [0.15, 0.2) is 66.9 Å². The number of aromatic nitrogens is 1. The first-order valence-electron chi connectivity index (χ1n) is 15.5. The van der Waals surface area contributed by atoms with Crippen LogP contribution >= 0.6 is 0 Å². The van der Waals surface area contributed by atoms with Crippen molar-refractivity contribution in [1.82, 2.24) is 15.2 Å². The summed E-state index contributed by atoms with van der Waals surface area (Å²) < 4.78 is 22.6. The third kappa shape index (κ3) is 7.19. The van der Waals surface area contributed by atoms with Gasteiger partial charge in [-0.1, -0.05) is 55.7 Å². The number of ether oxygens (including phenoxy) is 4. The molecule has 1 aliphatic carbocycles. The predicted molar refractivity (Wildman–Crippen MR) is 174 cm³/mol. The summed E-state index contributed by atoms with van der Waals surface area (Å²) in [6, 6.07) is 18.2. The summed E-state index contributed by atoms with van der Waals surface area (Å²) in [4.78, 5) is 33.8. The molecule has 3 aromatic carbocycles. The second kappa shape index (κ2) is 14.9. The Labute approximate surface area is 264 Å². The van der Waals surface area contributed by atoms with E-state index in [-0.39, 0.29) is 30.8 Å². The number of carbonyl (C=O) groups is 2. The van der Waals surface area contributed by atoms with Crippen molar-refractivity contribution in [1.29, 1.82) is 0 Å². The highest BCUT2D eigenvalue weighted by atomic mass is 16.5. The van der Waals surface area contributed by atoms with Gasteiger partial charge in [0.25, 0.3) is 0 Å². The minimum atomic E-state index is -0.971. The van der Waals surface area contributed by atoms with Gasteiger partial charge in [-0.25, -0.2) is 0 Å². The standard InChI is InChI=1S/C36H43N3O6/c1-42-30-17-11-8-12-25(30)23-39(33(40)19-18-24-22-37-29-16-10-9-15-28(24)29)34(36(41)38-27-13-6-5-7-14-27)26-20-31(43-2)35(45-4)32(21-26)44-3/h8-12,15-17,20-22,27,34,37H,5-7,13-14,18-19,23H2,1-4H3,(H,38,41)/t34-/m1/s1. The Bertz CT molecular complexity index is 1580. The Hall–Kier alpha value is -4.66. The maximum Gasteiger partial charge on any atom is 0.247 e. The molecule has 4 aromatic rings. The first kappa shape index (κ1) is 31.8. The number of nitrogens with zero attached hydrogens (tertiary/aromatic N) is 1. The summed E-state index contributed by atoms with van der Waals surface area (Å²) in [6.07, 6.45) is 7.78. The fourth-order valence-electron chi connectivity index (χ4n) is 6.32. The van der Waals surface area contributed by atoms with Crippen LogP contribution in [-0.4, -0.2) is 56.2 Å². The Kier molecular flexibility index (Phi) is 10.5. The first-order chi connectivity index (χ1) is 22.0. The van der Waals surface area contributed by atoms with Crippen LogP contribution in [0.1, 0.15) is 61.3 Å². The van der Waals surface area contributed by atoms with Crippen LogP contribution in [0, 0.1) is 0 Å². The van der Waals surface area contributed by atoms with E-state index in [1.807, 2.05) is 48.7 Å². The highest BCUT2D eigenvalue weighted by Gasteiger charge is 2.35. The summed E-state index contributed by atoms with van der Waals surface area (Å²) in [7, 11) is 6.22. The Balaban J connectivity index is 1.57. The number of methoxy groups -OCH3 is 4. The highest BCUT2D eigenvalue weighted by molar-refractivity contribution is 5.90. The van der Waals surface area contributed by atoms with E-state index in [2.05, 4.69) is 16.4 Å². The van der Waals surface area contributed by atoms with Gasteiger partial charge in [0.2, 0.25) is 17.6 Å². The number of carbonyl (C=O) groups excluding carboxylic acids is 2. The third-order valence-corrected chi connectivity index (χ3v) is 8.65. The number of H-pyrrole nitrogens is 1. The molecule has 1 saturated carbocycles. The van der Waals surface area contributed by atoms with E-state index in [0.717, 1.165) is 54.1 Å². The molecule has 238 valence electrons. The minimum Gasteiger partial charge on any atom is -0.496 e. The topological polar surface area (TPSA) is 102 Å². The lowest BCUT2D eigenvalue weighted by atomic mass is 9.94. The molecule has 5 rings (SSSR count). The molecule has 9 heteroatoms. The van der Waals surface area contributed by atoms with Gasteiger partial charge < -0.3 is 34.1 Å². The Morgan fingerprint density at radius 1 is 0.844 bits per heavy atom. The fraction of sp³-hybridized carbons (Fsp3) is 0.389. The number of aromatic amines is 1. The molecule has 2 N–H and O–H groups in total. The highest BCUT2D eigenvalue weighted by Crippen LogP contribution is 2.41. The zero-order valence-electron chi connectivity index (χ0n) is 26.6. The van der Waals surface area contributed by atoms with E-state index in [4.69, 9.17) is 18.9 Å². The second-order valence-electron chi connectivity index (χ2n) is 11.4. The summed E-state index contributed by atoms with van der Waals surface area (Å²) in [6.45, 7) is 0.163. The van der Waals surface area contributed by atoms with Crippen molar-refractivity contribution in [3.05, 3.63) is 83.6 Å². The molecule has 0 unspecified atom stereocenters. The van der Waals surface area contributed by atoms with Gasteiger partial charge in [-0.05, 0) is 54.7 Å². The molecule has 0 spiro atoms. The SMILES string of the molecule is COc1ccccc1CN(C(=O)CCc1c[nH]c2ccccc12)[C@@H](C(=O)NC1CCCCC1)c1cc(OC)c(OC)c(OC)c1. The third-order valence-electron chi connectivity index (χ3n) is 8.65. The van der Waals surface area contributed by atoms with Crippen LogP contribution < -0.4 is 24.3 Å². The van der Waals surface area contributed by atoms with Crippen LogP contribution in [0.4, 0.5) is 0 Å². The van der Waals surface area contributed by atoms with Gasteiger partial charge in [-0.2, -0.15) is 0 Å². The maximum atomic E-state index is 14.4. The van der Waals surface area contributed by atoms with Crippen LogP contribution in [-0.2, 0) is 22.6 Å². The molecule has 0 bridgehead atoms. The zero-order valence-corrected chi connectivity index (χ0v) is 26.6. The minimum absolute atomic E-state index is 0.0465. The van der Waals surface area contributed by atoms with E-state index < -0.39 is 6.04 Å². The molecule has 1 heterocycles. The Morgan fingerprint density at radius 2 is 1.51 bits per heavy atom. The molecule has 9 nitrogen and oxygen atoms in total. The van der Waals surface area contributed by atoms with Gasteiger partial charge in [0.15, 0.2) is 11.5 Å². The van der Waals surface area contributed by atoms with Crippen molar-refractivity contribution in [2.24, 2.45) is 0 Å². The molecular weight excluding hydrogens is 570 g/mol. The van der Waals surface area contributed by atoms with E-state index in [9.17, 15) is 9.59 Å². The molecule has 0 aliphatic heterocycles. The second-order valence-corrected chi connectivity index (χ2v) is 11.4. The number of fused-ring (bicyclic) bond motifs is 1. The van der Waals surface area contributed by atoms with E-state index in [0.29, 0.717) is 35.0 Å². The number of para-hydroxylation sites is 2.